The summed E-state index contributed by atoms with van der Waals surface area (Å²) in [7, 11) is 0. The minimum Gasteiger partial charge on any atom is -0.324 e. The lowest BCUT2D eigenvalue weighted by Crippen LogP contribution is -2.36. The van der Waals surface area contributed by atoms with Crippen molar-refractivity contribution in [2.24, 2.45) is 9.98 Å². The molecule has 0 amide bonds. The van der Waals surface area contributed by atoms with Gasteiger partial charge in [-0.05, 0) is 51.7 Å². The zero-order chi connectivity index (χ0) is 27.2. The first-order valence-corrected chi connectivity index (χ1v) is 14.6. The minimum atomic E-state index is -0.329. The summed E-state index contributed by atoms with van der Waals surface area (Å²) >= 11 is 1.83. The molecule has 1 N–H and O–H groups in total. The van der Waals surface area contributed by atoms with Gasteiger partial charge in [-0.3, -0.25) is 0 Å². The largest absolute Gasteiger partial charge is 0.324 e. The van der Waals surface area contributed by atoms with Crippen molar-refractivity contribution in [3.63, 3.8) is 0 Å². The molecule has 1 aliphatic rings. The highest BCUT2D eigenvalue weighted by Crippen LogP contribution is 2.41. The van der Waals surface area contributed by atoms with Gasteiger partial charge >= 0.3 is 0 Å². The van der Waals surface area contributed by atoms with Gasteiger partial charge in [-0.1, -0.05) is 115 Å². The van der Waals surface area contributed by atoms with E-state index in [2.05, 4.69) is 108 Å². The molecule has 4 heteroatoms. The minimum absolute atomic E-state index is 0.329. The third-order valence-electron chi connectivity index (χ3n) is 7.70. The molecule has 0 spiro atoms. The first-order chi connectivity index (χ1) is 20.3. The Balaban J connectivity index is 1.35. The highest BCUT2D eigenvalue weighted by atomic mass is 32.1. The van der Waals surface area contributed by atoms with Gasteiger partial charge in [-0.2, -0.15) is 0 Å². The Morgan fingerprint density at radius 1 is 0.512 bits per heavy atom. The van der Waals surface area contributed by atoms with Crippen LogP contribution in [0.2, 0.25) is 0 Å². The number of fused-ring (bicyclic) bond motifs is 4. The van der Waals surface area contributed by atoms with Crippen LogP contribution >= 0.6 is 11.3 Å². The second kappa shape index (κ2) is 9.84. The zero-order valence-electron chi connectivity index (χ0n) is 22.2. The van der Waals surface area contributed by atoms with Gasteiger partial charge in [-0.15, -0.1) is 11.3 Å². The molecule has 7 aromatic rings. The van der Waals surface area contributed by atoms with Crippen molar-refractivity contribution in [3.8, 4) is 11.1 Å². The van der Waals surface area contributed by atoms with Gasteiger partial charge in [0.05, 0.1) is 0 Å². The number of nitrogens with zero attached hydrogens (tertiary/aromatic N) is 2. The molecule has 0 radical (unpaired) electrons. The third kappa shape index (κ3) is 4.30. The molecule has 3 nitrogen and oxygen atoms in total. The van der Waals surface area contributed by atoms with Crippen LogP contribution in [0.1, 0.15) is 22.9 Å². The SMILES string of the molecule is c1ccc(C2=NC(c3ccccc3)N=C(c3cc(-c4ccc5ccccc5c4)c4c(c3)sc3ccccc34)N2)cc1. The predicted molar refractivity (Wildman–Crippen MR) is 174 cm³/mol. The van der Waals surface area contributed by atoms with E-state index in [1.54, 1.807) is 0 Å². The molecule has 0 fully saturated rings. The van der Waals surface area contributed by atoms with Crippen molar-refractivity contribution < 1.29 is 0 Å². The summed E-state index contributed by atoms with van der Waals surface area (Å²) in [4.78, 5) is 10.2. The van der Waals surface area contributed by atoms with E-state index in [0.29, 0.717) is 0 Å². The van der Waals surface area contributed by atoms with E-state index in [4.69, 9.17) is 9.98 Å². The Hall–Kier alpha value is -5.06. The summed E-state index contributed by atoms with van der Waals surface area (Å²) in [6, 6.07) is 49.2. The Morgan fingerprint density at radius 3 is 2.02 bits per heavy atom. The van der Waals surface area contributed by atoms with E-state index < -0.39 is 0 Å². The Kier molecular flexibility index (Phi) is 5.71. The molecule has 1 unspecified atom stereocenters. The van der Waals surface area contributed by atoms with Gasteiger partial charge < -0.3 is 5.32 Å². The fourth-order valence-corrected chi connectivity index (χ4v) is 6.86. The monoisotopic (exact) mass is 543 g/mol. The maximum absolute atomic E-state index is 5.17. The lowest BCUT2D eigenvalue weighted by atomic mass is 9.95. The average molecular weight is 544 g/mol. The number of thiophene rings is 1. The quantitative estimate of drug-likeness (QED) is 0.236. The number of hydrogen-bond donors (Lipinski definition) is 1. The average Bonchev–Trinajstić information content (AvgIpc) is 3.43. The van der Waals surface area contributed by atoms with Crippen molar-refractivity contribution in [2.75, 3.05) is 0 Å². The van der Waals surface area contributed by atoms with E-state index >= 15 is 0 Å². The number of aliphatic imine (C=N–C) groups is 2. The second-order valence-corrected chi connectivity index (χ2v) is 11.4. The predicted octanol–water partition coefficient (Wildman–Crippen LogP) is 9.37. The van der Waals surface area contributed by atoms with Crippen LogP contribution in [0, 0.1) is 0 Å². The summed E-state index contributed by atoms with van der Waals surface area (Å²) in [5, 5.41) is 8.65. The summed E-state index contributed by atoms with van der Waals surface area (Å²) in [6.07, 6.45) is -0.329. The second-order valence-electron chi connectivity index (χ2n) is 10.3. The fourth-order valence-electron chi connectivity index (χ4n) is 5.69. The molecular weight excluding hydrogens is 518 g/mol. The maximum Gasteiger partial charge on any atom is 0.169 e. The first-order valence-electron chi connectivity index (χ1n) is 13.8. The molecule has 1 aromatic heterocycles. The van der Waals surface area contributed by atoms with Crippen LogP contribution in [0.15, 0.2) is 150 Å². The zero-order valence-corrected chi connectivity index (χ0v) is 23.0. The third-order valence-corrected chi connectivity index (χ3v) is 8.81. The fraction of sp³-hybridized carbons (Fsp3) is 0.0270. The van der Waals surface area contributed by atoms with Crippen molar-refractivity contribution in [3.05, 3.63) is 156 Å². The Morgan fingerprint density at radius 2 is 1.20 bits per heavy atom. The van der Waals surface area contributed by atoms with Gasteiger partial charge in [0.2, 0.25) is 0 Å². The molecule has 0 aliphatic carbocycles. The normalized spacial score (nSPS) is 15.1. The molecule has 194 valence electrons. The van der Waals surface area contributed by atoms with Crippen LogP contribution in [0.5, 0.6) is 0 Å². The van der Waals surface area contributed by atoms with Crippen molar-refractivity contribution in [1.29, 1.82) is 0 Å². The van der Waals surface area contributed by atoms with Crippen molar-refractivity contribution in [1.82, 2.24) is 5.32 Å². The van der Waals surface area contributed by atoms with Crippen LogP contribution in [-0.4, -0.2) is 11.7 Å². The Labute approximate surface area is 242 Å². The van der Waals surface area contributed by atoms with Gasteiger partial charge in [-0.25, -0.2) is 9.98 Å². The molecule has 1 aliphatic heterocycles. The molecule has 0 bridgehead atoms. The standard InChI is InChI=1S/C37H25N3S/c1-3-12-25(13-4-1)35-38-36(26-14-5-2-6-15-26)40-37(39-35)29-22-31(28-20-19-24-11-7-8-16-27(24)21-28)34-30-17-9-10-18-32(30)41-33(34)23-29/h1-23,35H,(H,38,39,40). The van der Waals surface area contributed by atoms with Gasteiger partial charge in [0.1, 0.15) is 11.7 Å². The van der Waals surface area contributed by atoms with E-state index in [9.17, 15) is 0 Å². The number of amidine groups is 2. The van der Waals surface area contributed by atoms with Gasteiger partial charge in [0, 0.05) is 31.3 Å². The van der Waals surface area contributed by atoms with E-state index in [1.165, 1.54) is 42.1 Å². The maximum atomic E-state index is 5.17. The molecular formula is C37H25N3S. The summed E-state index contributed by atoms with van der Waals surface area (Å²) in [6.45, 7) is 0. The first kappa shape index (κ1) is 23.8. The van der Waals surface area contributed by atoms with Gasteiger partial charge in [0.15, 0.2) is 6.17 Å². The number of benzene rings is 6. The van der Waals surface area contributed by atoms with Crippen molar-refractivity contribution in [2.45, 2.75) is 6.17 Å². The lowest BCUT2D eigenvalue weighted by Gasteiger charge is -2.23. The van der Waals surface area contributed by atoms with Crippen LogP contribution in [0.3, 0.4) is 0 Å². The highest BCUT2D eigenvalue weighted by molar-refractivity contribution is 7.26. The molecule has 0 saturated heterocycles. The molecule has 6 aromatic carbocycles. The van der Waals surface area contributed by atoms with Crippen LogP contribution in [0.4, 0.5) is 0 Å². The molecule has 1 atom stereocenters. The Bertz CT molecular complexity index is 2120. The van der Waals surface area contributed by atoms with Crippen molar-refractivity contribution >= 4 is 54.0 Å². The molecule has 0 saturated carbocycles. The number of hydrogen-bond acceptors (Lipinski definition) is 4. The van der Waals surface area contributed by atoms with Crippen LogP contribution < -0.4 is 5.32 Å². The highest BCUT2D eigenvalue weighted by Gasteiger charge is 2.22. The molecule has 41 heavy (non-hydrogen) atoms. The number of rotatable bonds is 4. The van der Waals surface area contributed by atoms with E-state index in [1.807, 2.05) is 47.7 Å². The van der Waals surface area contributed by atoms with Crippen LogP contribution in [-0.2, 0) is 0 Å². The smallest absolute Gasteiger partial charge is 0.169 e. The molecule has 2 heterocycles. The van der Waals surface area contributed by atoms with E-state index in [-0.39, 0.29) is 6.17 Å². The molecule has 8 rings (SSSR count). The summed E-state index contributed by atoms with van der Waals surface area (Å²) < 4.78 is 2.53. The van der Waals surface area contributed by atoms with Crippen LogP contribution in [0.25, 0.3) is 42.1 Å². The lowest BCUT2D eigenvalue weighted by molar-refractivity contribution is 0.756. The summed E-state index contributed by atoms with van der Waals surface area (Å²) in [5.74, 6) is 1.65. The number of nitrogens with one attached hydrogen (secondary N) is 1. The van der Waals surface area contributed by atoms with Gasteiger partial charge in [0.25, 0.3) is 0 Å². The summed E-state index contributed by atoms with van der Waals surface area (Å²) in [5.41, 5.74) is 5.57. The van der Waals surface area contributed by atoms with E-state index in [0.717, 1.165) is 28.4 Å². The topological polar surface area (TPSA) is 36.8 Å².